The van der Waals surface area contributed by atoms with Crippen LogP contribution in [0.1, 0.15) is 5.56 Å². The predicted octanol–water partition coefficient (Wildman–Crippen LogP) is 2.72. The molecule has 0 aromatic heterocycles. The molecular formula is C13H15F3N2O3. The summed E-state index contributed by atoms with van der Waals surface area (Å²) in [6, 6.07) is 3.24. The first-order valence-corrected chi connectivity index (χ1v) is 6.30. The third-order valence-corrected chi connectivity index (χ3v) is 3.10. The molecule has 1 heterocycles. The Kier molecular flexibility index (Phi) is 4.56. The Balaban J connectivity index is 2.35. The van der Waals surface area contributed by atoms with Crippen LogP contribution < -0.4 is 10.2 Å². The third kappa shape index (κ3) is 3.78. The third-order valence-electron chi connectivity index (χ3n) is 3.10. The van der Waals surface area contributed by atoms with Crippen molar-refractivity contribution in [1.29, 1.82) is 0 Å². The van der Waals surface area contributed by atoms with Crippen molar-refractivity contribution >= 4 is 17.5 Å². The molecule has 1 fully saturated rings. The highest BCUT2D eigenvalue weighted by molar-refractivity contribution is 5.90. The lowest BCUT2D eigenvalue weighted by atomic mass is 10.1. The number of rotatable bonds is 2. The van der Waals surface area contributed by atoms with Crippen LogP contribution in [0.4, 0.5) is 29.3 Å². The number of alkyl halides is 3. The Morgan fingerprint density at radius 3 is 2.57 bits per heavy atom. The lowest BCUT2D eigenvalue weighted by Gasteiger charge is -2.30. The summed E-state index contributed by atoms with van der Waals surface area (Å²) in [6.07, 6.45) is -5.29. The number of hydrogen-bond donors (Lipinski definition) is 1. The average Bonchev–Trinajstić information content (AvgIpc) is 2.47. The van der Waals surface area contributed by atoms with Crippen LogP contribution in [0.3, 0.4) is 0 Å². The number of methoxy groups -OCH3 is 1. The van der Waals surface area contributed by atoms with Gasteiger partial charge in [0.25, 0.3) is 0 Å². The first-order valence-electron chi connectivity index (χ1n) is 6.30. The fraction of sp³-hybridized carbons (Fsp3) is 0.462. The van der Waals surface area contributed by atoms with Gasteiger partial charge < -0.3 is 14.4 Å². The van der Waals surface area contributed by atoms with Crippen LogP contribution in [-0.2, 0) is 15.7 Å². The Labute approximate surface area is 119 Å². The zero-order valence-corrected chi connectivity index (χ0v) is 11.4. The molecule has 1 aliphatic heterocycles. The van der Waals surface area contributed by atoms with Gasteiger partial charge in [0.15, 0.2) is 0 Å². The molecule has 1 N–H and O–H groups in total. The van der Waals surface area contributed by atoms with Crippen LogP contribution in [0.25, 0.3) is 0 Å². The van der Waals surface area contributed by atoms with Crippen LogP contribution in [0.15, 0.2) is 18.2 Å². The molecule has 8 heteroatoms. The molecule has 0 saturated carbocycles. The standard InChI is InChI=1S/C13H15F3N2O3/c1-20-12(19)17-10-8-9(13(14,15)16)2-3-11(10)18-4-6-21-7-5-18/h2-3,8H,4-7H2,1H3,(H,17,19). The molecule has 1 aromatic carbocycles. The Hall–Kier alpha value is -1.96. The van der Waals surface area contributed by atoms with Crippen molar-refractivity contribution < 1.29 is 27.4 Å². The van der Waals surface area contributed by atoms with Crippen LogP contribution >= 0.6 is 0 Å². The number of anilines is 2. The van der Waals surface area contributed by atoms with Crippen molar-refractivity contribution in [2.24, 2.45) is 0 Å². The summed E-state index contributed by atoms with van der Waals surface area (Å²) in [5.74, 6) is 0. The van der Waals surface area contributed by atoms with Gasteiger partial charge in [-0.05, 0) is 18.2 Å². The van der Waals surface area contributed by atoms with Crippen molar-refractivity contribution in [3.8, 4) is 0 Å². The summed E-state index contributed by atoms with van der Waals surface area (Å²) >= 11 is 0. The fourth-order valence-corrected chi connectivity index (χ4v) is 2.05. The minimum atomic E-state index is -4.48. The SMILES string of the molecule is COC(=O)Nc1cc(C(F)(F)F)ccc1N1CCOCC1. The Bertz CT molecular complexity index is 514. The summed E-state index contributed by atoms with van der Waals surface area (Å²) in [5, 5.41) is 2.33. The molecule has 1 saturated heterocycles. The van der Waals surface area contributed by atoms with E-state index in [1.54, 1.807) is 0 Å². The highest BCUT2D eigenvalue weighted by atomic mass is 19.4. The fourth-order valence-electron chi connectivity index (χ4n) is 2.05. The van der Waals surface area contributed by atoms with Gasteiger partial charge in [-0.2, -0.15) is 13.2 Å². The zero-order valence-electron chi connectivity index (χ0n) is 11.4. The van der Waals surface area contributed by atoms with Crippen LogP contribution in [0, 0.1) is 0 Å². The van der Waals surface area contributed by atoms with E-state index >= 15 is 0 Å². The van der Waals surface area contributed by atoms with Crippen LogP contribution in [0.2, 0.25) is 0 Å². The van der Waals surface area contributed by atoms with Gasteiger partial charge in [0.1, 0.15) is 0 Å². The van der Waals surface area contributed by atoms with E-state index in [2.05, 4.69) is 10.1 Å². The van der Waals surface area contributed by atoms with Gasteiger partial charge in [0.2, 0.25) is 0 Å². The van der Waals surface area contributed by atoms with Crippen LogP contribution in [-0.4, -0.2) is 39.5 Å². The highest BCUT2D eigenvalue weighted by Gasteiger charge is 2.31. The van der Waals surface area contributed by atoms with E-state index in [0.29, 0.717) is 32.0 Å². The number of carbonyl (C=O) groups excluding carboxylic acids is 1. The van der Waals surface area contributed by atoms with E-state index in [-0.39, 0.29) is 5.69 Å². The van der Waals surface area contributed by atoms with Gasteiger partial charge in [-0.1, -0.05) is 0 Å². The maximum absolute atomic E-state index is 12.8. The first-order chi connectivity index (χ1) is 9.91. The molecule has 0 aliphatic carbocycles. The summed E-state index contributed by atoms with van der Waals surface area (Å²) in [7, 11) is 1.15. The van der Waals surface area contributed by atoms with Gasteiger partial charge in [-0.3, -0.25) is 5.32 Å². The molecule has 0 spiro atoms. The molecule has 2 rings (SSSR count). The monoisotopic (exact) mass is 304 g/mol. The van der Waals surface area contributed by atoms with Gasteiger partial charge in [-0.25, -0.2) is 4.79 Å². The molecule has 0 bridgehead atoms. The number of amides is 1. The normalized spacial score (nSPS) is 15.7. The van der Waals surface area contributed by atoms with E-state index in [4.69, 9.17) is 4.74 Å². The van der Waals surface area contributed by atoms with E-state index in [9.17, 15) is 18.0 Å². The summed E-state index contributed by atoms with van der Waals surface area (Å²) in [4.78, 5) is 13.2. The second-order valence-corrected chi connectivity index (χ2v) is 4.45. The second-order valence-electron chi connectivity index (χ2n) is 4.45. The summed E-state index contributed by atoms with van der Waals surface area (Å²) in [5.41, 5.74) is -0.249. The molecule has 21 heavy (non-hydrogen) atoms. The van der Waals surface area contributed by atoms with Crippen molar-refractivity contribution in [2.75, 3.05) is 43.6 Å². The molecule has 0 unspecified atom stereocenters. The minimum absolute atomic E-state index is 0.0681. The molecule has 5 nitrogen and oxygen atoms in total. The second kappa shape index (κ2) is 6.21. The number of carbonyl (C=O) groups is 1. The van der Waals surface area contributed by atoms with Gasteiger partial charge in [0, 0.05) is 13.1 Å². The van der Waals surface area contributed by atoms with E-state index in [0.717, 1.165) is 19.2 Å². The van der Waals surface area contributed by atoms with Gasteiger partial charge in [0.05, 0.1) is 37.3 Å². The maximum Gasteiger partial charge on any atom is 0.416 e. The number of halogens is 3. The largest absolute Gasteiger partial charge is 0.453 e. The van der Waals surface area contributed by atoms with E-state index in [1.165, 1.54) is 6.07 Å². The molecule has 1 amide bonds. The number of nitrogens with one attached hydrogen (secondary N) is 1. The molecule has 0 radical (unpaired) electrons. The smallest absolute Gasteiger partial charge is 0.416 e. The lowest BCUT2D eigenvalue weighted by Crippen LogP contribution is -2.36. The lowest BCUT2D eigenvalue weighted by molar-refractivity contribution is -0.137. The molecule has 1 aromatic rings. The summed E-state index contributed by atoms with van der Waals surface area (Å²) in [6.45, 7) is 2.06. The number of ether oxygens (including phenoxy) is 2. The quantitative estimate of drug-likeness (QED) is 0.913. The van der Waals surface area contributed by atoms with E-state index in [1.807, 2.05) is 4.90 Å². The molecular weight excluding hydrogens is 289 g/mol. The molecule has 116 valence electrons. The zero-order chi connectivity index (χ0) is 15.5. The number of nitrogens with zero attached hydrogens (tertiary/aromatic N) is 1. The van der Waals surface area contributed by atoms with Crippen molar-refractivity contribution in [3.05, 3.63) is 23.8 Å². The van der Waals surface area contributed by atoms with Crippen molar-refractivity contribution in [3.63, 3.8) is 0 Å². The Morgan fingerprint density at radius 1 is 1.33 bits per heavy atom. The van der Waals surface area contributed by atoms with Gasteiger partial charge >= 0.3 is 12.3 Å². The van der Waals surface area contributed by atoms with E-state index < -0.39 is 17.8 Å². The summed E-state index contributed by atoms with van der Waals surface area (Å²) < 4.78 is 48.0. The number of morpholine rings is 1. The predicted molar refractivity (Wildman–Crippen MR) is 70.5 cm³/mol. The van der Waals surface area contributed by atoms with Crippen molar-refractivity contribution in [1.82, 2.24) is 0 Å². The Morgan fingerprint density at radius 2 is 2.00 bits per heavy atom. The van der Waals surface area contributed by atoms with Gasteiger partial charge in [-0.15, -0.1) is 0 Å². The number of benzene rings is 1. The minimum Gasteiger partial charge on any atom is -0.453 e. The maximum atomic E-state index is 12.8. The number of hydrogen-bond acceptors (Lipinski definition) is 4. The highest BCUT2D eigenvalue weighted by Crippen LogP contribution is 2.35. The first kappa shape index (κ1) is 15.4. The van der Waals surface area contributed by atoms with Crippen molar-refractivity contribution in [2.45, 2.75) is 6.18 Å². The molecule has 0 atom stereocenters. The topological polar surface area (TPSA) is 50.8 Å². The average molecular weight is 304 g/mol. The van der Waals surface area contributed by atoms with Crippen LogP contribution in [0.5, 0.6) is 0 Å². The molecule has 1 aliphatic rings.